The number of esters is 1. The number of nitrogens with zero attached hydrogens (tertiary/aromatic N) is 3. The van der Waals surface area contributed by atoms with Crippen LogP contribution in [0.4, 0.5) is 15.8 Å². The number of nitro groups is 1. The van der Waals surface area contributed by atoms with Crippen molar-refractivity contribution in [2.75, 3.05) is 18.6 Å². The zero-order valence-electron chi connectivity index (χ0n) is 17.7. The van der Waals surface area contributed by atoms with Gasteiger partial charge in [0, 0.05) is 35.8 Å². The number of methoxy groups -OCH3 is 1. The van der Waals surface area contributed by atoms with Gasteiger partial charge in [-0.1, -0.05) is 11.2 Å². The van der Waals surface area contributed by atoms with Crippen LogP contribution in [-0.2, 0) is 4.74 Å². The molecule has 3 aromatic rings. The number of aromatic nitrogens is 1. The normalized spacial score (nSPS) is 16.1. The maximum absolute atomic E-state index is 14.3. The predicted molar refractivity (Wildman–Crippen MR) is 116 cm³/mol. The smallest absolute Gasteiger partial charge is 0.340 e. The summed E-state index contributed by atoms with van der Waals surface area (Å²) in [5.41, 5.74) is 1.65. The topological polar surface area (TPSA) is 98.7 Å². The number of nitro benzene ring substituents is 1. The summed E-state index contributed by atoms with van der Waals surface area (Å²) < 4.78 is 24.2. The molecule has 32 heavy (non-hydrogen) atoms. The number of carbonyl (C=O) groups excluding carboxylic acids is 1. The first kappa shape index (κ1) is 21.5. The first-order chi connectivity index (χ1) is 15.4. The van der Waals surface area contributed by atoms with Crippen LogP contribution in [0.2, 0.25) is 0 Å². The van der Waals surface area contributed by atoms with Crippen LogP contribution in [0.3, 0.4) is 0 Å². The van der Waals surface area contributed by atoms with E-state index < -0.39 is 16.7 Å². The number of hydrogen-bond donors (Lipinski definition) is 0. The number of benzene rings is 2. The van der Waals surface area contributed by atoms with Gasteiger partial charge in [0.05, 0.1) is 17.6 Å². The van der Waals surface area contributed by atoms with Gasteiger partial charge < -0.3 is 14.2 Å². The fraction of sp³-hybridized carbons (Fsp3) is 0.304. The monoisotopic (exact) mass is 439 g/mol. The Hall–Kier alpha value is -3.75. The van der Waals surface area contributed by atoms with E-state index >= 15 is 0 Å². The van der Waals surface area contributed by atoms with Gasteiger partial charge in [0.25, 0.3) is 5.69 Å². The summed E-state index contributed by atoms with van der Waals surface area (Å²) in [6.45, 7) is 2.85. The van der Waals surface area contributed by atoms with Gasteiger partial charge >= 0.3 is 5.97 Å². The van der Waals surface area contributed by atoms with Crippen molar-refractivity contribution < 1.29 is 23.4 Å². The number of hydrogen-bond acceptors (Lipinski definition) is 7. The van der Waals surface area contributed by atoms with Crippen molar-refractivity contribution in [3.05, 3.63) is 64.0 Å². The van der Waals surface area contributed by atoms with Crippen LogP contribution in [0, 0.1) is 15.9 Å². The molecule has 166 valence electrons. The number of anilines is 1. The van der Waals surface area contributed by atoms with Gasteiger partial charge in [-0.25, -0.2) is 9.18 Å². The lowest BCUT2D eigenvalue weighted by Gasteiger charge is -2.35. The maximum Gasteiger partial charge on any atom is 0.340 e. The third-order valence-corrected chi connectivity index (χ3v) is 5.75. The summed E-state index contributed by atoms with van der Waals surface area (Å²) in [4.78, 5) is 25.0. The second-order valence-corrected chi connectivity index (χ2v) is 7.76. The number of rotatable bonds is 5. The van der Waals surface area contributed by atoms with Crippen LogP contribution in [0.1, 0.15) is 36.5 Å². The van der Waals surface area contributed by atoms with Gasteiger partial charge in [0.15, 0.2) is 5.76 Å². The summed E-state index contributed by atoms with van der Waals surface area (Å²) in [5, 5.41) is 15.7. The lowest BCUT2D eigenvalue weighted by atomic mass is 10.0. The molecule has 0 bridgehead atoms. The Balaban J connectivity index is 1.66. The summed E-state index contributed by atoms with van der Waals surface area (Å²) in [6.07, 6.45) is 3.11. The highest BCUT2D eigenvalue weighted by molar-refractivity contribution is 5.90. The number of piperidine rings is 1. The molecule has 8 nitrogen and oxygen atoms in total. The van der Waals surface area contributed by atoms with E-state index in [9.17, 15) is 19.3 Å². The molecule has 1 saturated heterocycles. The molecule has 0 spiro atoms. The van der Waals surface area contributed by atoms with Crippen molar-refractivity contribution in [3.63, 3.8) is 0 Å². The minimum absolute atomic E-state index is 0.00248. The third kappa shape index (κ3) is 4.05. The van der Waals surface area contributed by atoms with Gasteiger partial charge in [-0.2, -0.15) is 0 Å². The lowest BCUT2D eigenvalue weighted by molar-refractivity contribution is -0.384. The molecule has 0 radical (unpaired) electrons. The average molecular weight is 439 g/mol. The molecule has 0 saturated carbocycles. The Morgan fingerprint density at radius 1 is 1.22 bits per heavy atom. The zero-order chi connectivity index (χ0) is 22.8. The molecular formula is C23H22FN3O5. The van der Waals surface area contributed by atoms with Gasteiger partial charge in [-0.3, -0.25) is 10.1 Å². The molecular weight excluding hydrogens is 417 g/mol. The van der Waals surface area contributed by atoms with Gasteiger partial charge in [0.1, 0.15) is 17.2 Å². The summed E-state index contributed by atoms with van der Waals surface area (Å²) >= 11 is 0. The SMILES string of the molecule is COC(=O)c1ccc(-c2cc(-c3ccc(N4CCCCC4C)c([N+](=O)[O-])c3)on2)cc1F. The van der Waals surface area contributed by atoms with Crippen molar-refractivity contribution in [1.82, 2.24) is 5.16 Å². The second kappa shape index (κ2) is 8.78. The Kier molecular flexibility index (Phi) is 5.89. The van der Waals surface area contributed by atoms with Crippen LogP contribution in [-0.4, -0.2) is 35.7 Å². The van der Waals surface area contributed by atoms with E-state index in [1.165, 1.54) is 25.3 Å². The Bertz CT molecular complexity index is 1180. The largest absolute Gasteiger partial charge is 0.465 e. The molecule has 2 heterocycles. The Morgan fingerprint density at radius 3 is 2.69 bits per heavy atom. The number of halogens is 1. The van der Waals surface area contributed by atoms with E-state index in [2.05, 4.69) is 21.7 Å². The highest BCUT2D eigenvalue weighted by atomic mass is 19.1. The van der Waals surface area contributed by atoms with E-state index in [0.29, 0.717) is 28.3 Å². The quantitative estimate of drug-likeness (QED) is 0.305. The molecule has 0 N–H and O–H groups in total. The minimum Gasteiger partial charge on any atom is -0.465 e. The fourth-order valence-electron chi connectivity index (χ4n) is 4.02. The minimum atomic E-state index is -0.773. The van der Waals surface area contributed by atoms with Crippen LogP contribution >= 0.6 is 0 Å². The molecule has 1 aliphatic heterocycles. The number of ether oxygens (including phenoxy) is 1. The molecule has 9 heteroatoms. The fourth-order valence-corrected chi connectivity index (χ4v) is 4.02. The van der Waals surface area contributed by atoms with Gasteiger partial charge in [0.2, 0.25) is 0 Å². The molecule has 1 aliphatic rings. The number of carbonyl (C=O) groups is 1. The molecule has 4 rings (SSSR count). The molecule has 0 aliphatic carbocycles. The molecule has 1 fully saturated rings. The molecule has 1 unspecified atom stereocenters. The highest BCUT2D eigenvalue weighted by Crippen LogP contribution is 2.37. The van der Waals surface area contributed by atoms with Crippen molar-refractivity contribution in [3.8, 4) is 22.6 Å². The van der Waals surface area contributed by atoms with Crippen LogP contribution in [0.5, 0.6) is 0 Å². The molecule has 1 atom stereocenters. The lowest BCUT2D eigenvalue weighted by Crippen LogP contribution is -2.37. The maximum atomic E-state index is 14.3. The first-order valence-corrected chi connectivity index (χ1v) is 10.3. The average Bonchev–Trinajstić information content (AvgIpc) is 3.29. The Morgan fingerprint density at radius 2 is 2.00 bits per heavy atom. The van der Waals surface area contributed by atoms with E-state index in [1.54, 1.807) is 18.2 Å². The summed E-state index contributed by atoms with van der Waals surface area (Å²) in [7, 11) is 1.18. The molecule has 1 aromatic heterocycles. The van der Waals surface area contributed by atoms with Crippen molar-refractivity contribution in [1.29, 1.82) is 0 Å². The Labute approximate surface area is 183 Å². The van der Waals surface area contributed by atoms with E-state index in [-0.39, 0.29) is 17.3 Å². The van der Waals surface area contributed by atoms with Crippen LogP contribution < -0.4 is 4.90 Å². The van der Waals surface area contributed by atoms with E-state index in [1.807, 2.05) is 0 Å². The van der Waals surface area contributed by atoms with Gasteiger partial charge in [-0.15, -0.1) is 0 Å². The molecule has 2 aromatic carbocycles. The van der Waals surface area contributed by atoms with Crippen molar-refractivity contribution >= 4 is 17.3 Å². The predicted octanol–water partition coefficient (Wildman–Crippen LogP) is 5.22. The summed E-state index contributed by atoms with van der Waals surface area (Å²) in [6, 6.07) is 10.8. The van der Waals surface area contributed by atoms with Crippen LogP contribution in [0.25, 0.3) is 22.6 Å². The van der Waals surface area contributed by atoms with E-state index in [0.717, 1.165) is 31.9 Å². The second-order valence-electron chi connectivity index (χ2n) is 7.76. The first-order valence-electron chi connectivity index (χ1n) is 10.3. The third-order valence-electron chi connectivity index (χ3n) is 5.75. The van der Waals surface area contributed by atoms with Crippen molar-refractivity contribution in [2.24, 2.45) is 0 Å². The van der Waals surface area contributed by atoms with Crippen LogP contribution in [0.15, 0.2) is 47.0 Å². The highest BCUT2D eigenvalue weighted by Gasteiger charge is 2.26. The zero-order valence-corrected chi connectivity index (χ0v) is 17.7. The van der Waals surface area contributed by atoms with Crippen molar-refractivity contribution in [2.45, 2.75) is 32.2 Å². The van der Waals surface area contributed by atoms with E-state index in [4.69, 9.17) is 4.52 Å². The summed E-state index contributed by atoms with van der Waals surface area (Å²) in [5.74, 6) is -1.20. The molecule has 0 amide bonds. The van der Waals surface area contributed by atoms with Gasteiger partial charge in [-0.05, 0) is 50.5 Å². The standard InChI is InChI=1S/C23H22FN3O5/c1-14-5-3-4-10-26(14)20-9-7-16(12-21(20)27(29)30)22-13-19(25-32-22)15-6-8-17(18(24)11-15)23(28)31-2/h6-9,11-14H,3-5,10H2,1-2H3.